The number of carboxylic acid groups (broad SMARTS) is 1. The highest BCUT2D eigenvalue weighted by molar-refractivity contribution is 5.79. The van der Waals surface area contributed by atoms with Gasteiger partial charge < -0.3 is 10.4 Å². The molecule has 0 bridgehead atoms. The van der Waals surface area contributed by atoms with Gasteiger partial charge in [0.25, 0.3) is 0 Å². The summed E-state index contributed by atoms with van der Waals surface area (Å²) >= 11 is 0. The molecule has 0 aliphatic rings. The van der Waals surface area contributed by atoms with Crippen LogP contribution in [0.1, 0.15) is 13.3 Å². The molecule has 0 spiro atoms. The molecule has 0 heterocycles. The minimum absolute atomic E-state index is 0.0956. The average molecular weight is 214 g/mol. The van der Waals surface area contributed by atoms with Crippen molar-refractivity contribution in [1.82, 2.24) is 10.2 Å². The Balaban J connectivity index is 3.97. The number of carbonyl (C=O) groups is 2. The Kier molecular flexibility index (Phi) is 7.27. The first-order valence-electron chi connectivity index (χ1n) is 4.91. The molecule has 0 saturated heterocycles. The third-order valence-electron chi connectivity index (χ3n) is 1.69. The van der Waals surface area contributed by atoms with Crippen LogP contribution in [0, 0.1) is 0 Å². The van der Waals surface area contributed by atoms with Gasteiger partial charge in [0.2, 0.25) is 5.91 Å². The lowest BCUT2D eigenvalue weighted by atomic mass is 10.4. The zero-order chi connectivity index (χ0) is 11.7. The van der Waals surface area contributed by atoms with Gasteiger partial charge in [-0.25, -0.2) is 0 Å². The normalized spacial score (nSPS) is 10.0. The summed E-state index contributed by atoms with van der Waals surface area (Å²) < 4.78 is 0. The second-order valence-electron chi connectivity index (χ2n) is 3.20. The van der Waals surface area contributed by atoms with Gasteiger partial charge in [-0.05, 0) is 6.42 Å². The van der Waals surface area contributed by atoms with E-state index < -0.39 is 5.97 Å². The molecular formula is C10H18N2O3. The third kappa shape index (κ3) is 7.69. The summed E-state index contributed by atoms with van der Waals surface area (Å²) in [7, 11) is 0. The van der Waals surface area contributed by atoms with Crippen LogP contribution in [-0.4, -0.2) is 48.1 Å². The first kappa shape index (κ1) is 13.6. The number of carbonyl (C=O) groups excluding carboxylic acids is 1. The highest BCUT2D eigenvalue weighted by Gasteiger charge is 2.11. The third-order valence-corrected chi connectivity index (χ3v) is 1.69. The molecule has 0 radical (unpaired) electrons. The van der Waals surface area contributed by atoms with E-state index in [-0.39, 0.29) is 19.0 Å². The molecule has 0 aromatic carbocycles. The molecule has 0 aromatic heterocycles. The van der Waals surface area contributed by atoms with E-state index in [1.807, 2.05) is 6.92 Å². The van der Waals surface area contributed by atoms with E-state index in [4.69, 9.17) is 5.11 Å². The topological polar surface area (TPSA) is 69.6 Å². The van der Waals surface area contributed by atoms with Gasteiger partial charge in [0, 0.05) is 13.1 Å². The number of nitrogens with one attached hydrogen (secondary N) is 1. The number of nitrogens with zero attached hydrogens (tertiary/aromatic N) is 1. The number of aliphatic carboxylic acids is 1. The maximum atomic E-state index is 11.3. The highest BCUT2D eigenvalue weighted by atomic mass is 16.4. The first-order chi connectivity index (χ1) is 7.10. The Morgan fingerprint density at radius 3 is 2.60 bits per heavy atom. The molecule has 1 amide bonds. The first-order valence-corrected chi connectivity index (χ1v) is 4.91. The largest absolute Gasteiger partial charge is 0.480 e. The van der Waals surface area contributed by atoms with Crippen LogP contribution in [0.25, 0.3) is 0 Å². The number of amides is 1. The van der Waals surface area contributed by atoms with Crippen LogP contribution >= 0.6 is 0 Å². The van der Waals surface area contributed by atoms with Crippen molar-refractivity contribution in [2.24, 2.45) is 0 Å². The van der Waals surface area contributed by atoms with Crippen molar-refractivity contribution in [3.05, 3.63) is 12.7 Å². The van der Waals surface area contributed by atoms with E-state index in [1.165, 1.54) is 4.90 Å². The zero-order valence-electron chi connectivity index (χ0n) is 9.03. The molecular weight excluding hydrogens is 196 g/mol. The van der Waals surface area contributed by atoms with Crippen LogP contribution in [0.5, 0.6) is 0 Å². The molecule has 0 aromatic rings. The summed E-state index contributed by atoms with van der Waals surface area (Å²) in [6.45, 7) is 6.43. The van der Waals surface area contributed by atoms with E-state index >= 15 is 0 Å². The van der Waals surface area contributed by atoms with Crippen LogP contribution in [0.3, 0.4) is 0 Å². The summed E-state index contributed by atoms with van der Waals surface area (Å²) in [4.78, 5) is 23.3. The zero-order valence-corrected chi connectivity index (χ0v) is 9.03. The molecule has 15 heavy (non-hydrogen) atoms. The van der Waals surface area contributed by atoms with Crippen LogP contribution in [-0.2, 0) is 9.59 Å². The molecule has 86 valence electrons. The fourth-order valence-electron chi connectivity index (χ4n) is 1.08. The molecule has 0 atom stereocenters. The second kappa shape index (κ2) is 7.99. The van der Waals surface area contributed by atoms with Gasteiger partial charge >= 0.3 is 5.97 Å². The SMILES string of the molecule is C=CCN(CC(=O)O)CC(=O)NCCC. The van der Waals surface area contributed by atoms with Gasteiger partial charge in [0.1, 0.15) is 0 Å². The van der Waals surface area contributed by atoms with Crippen LogP contribution in [0.2, 0.25) is 0 Å². The molecule has 2 N–H and O–H groups in total. The van der Waals surface area contributed by atoms with Crippen LogP contribution in [0.4, 0.5) is 0 Å². The molecule has 5 heteroatoms. The number of carboxylic acids is 1. The predicted molar refractivity (Wildman–Crippen MR) is 57.6 cm³/mol. The summed E-state index contributed by atoms with van der Waals surface area (Å²) in [5.74, 6) is -1.10. The van der Waals surface area contributed by atoms with E-state index in [1.54, 1.807) is 6.08 Å². The van der Waals surface area contributed by atoms with Crippen molar-refractivity contribution < 1.29 is 14.7 Å². The lowest BCUT2D eigenvalue weighted by Crippen LogP contribution is -2.40. The van der Waals surface area contributed by atoms with Crippen molar-refractivity contribution in [3.63, 3.8) is 0 Å². The standard InChI is InChI=1S/C10H18N2O3/c1-3-5-11-9(13)7-12(6-4-2)8-10(14)15/h4H,2-3,5-8H2,1H3,(H,11,13)(H,14,15). The Bertz CT molecular complexity index is 229. The van der Waals surface area contributed by atoms with Crippen molar-refractivity contribution in [3.8, 4) is 0 Å². The van der Waals surface area contributed by atoms with Crippen molar-refractivity contribution >= 4 is 11.9 Å². The Hall–Kier alpha value is -1.36. The number of hydrogen-bond acceptors (Lipinski definition) is 3. The second-order valence-corrected chi connectivity index (χ2v) is 3.20. The van der Waals surface area contributed by atoms with Crippen LogP contribution < -0.4 is 5.32 Å². The summed E-state index contributed by atoms with van der Waals surface area (Å²) in [6, 6.07) is 0. The van der Waals surface area contributed by atoms with Gasteiger partial charge in [-0.1, -0.05) is 13.0 Å². The summed E-state index contributed by atoms with van der Waals surface area (Å²) in [5.41, 5.74) is 0. The van der Waals surface area contributed by atoms with Gasteiger partial charge in [-0.2, -0.15) is 0 Å². The fourth-order valence-corrected chi connectivity index (χ4v) is 1.08. The van der Waals surface area contributed by atoms with Crippen molar-refractivity contribution in [2.45, 2.75) is 13.3 Å². The Morgan fingerprint density at radius 1 is 1.47 bits per heavy atom. The molecule has 0 aliphatic carbocycles. The minimum atomic E-state index is -0.944. The fraction of sp³-hybridized carbons (Fsp3) is 0.600. The Morgan fingerprint density at radius 2 is 2.13 bits per heavy atom. The molecule has 0 aliphatic heterocycles. The lowest BCUT2D eigenvalue weighted by Gasteiger charge is -2.17. The molecule has 0 saturated carbocycles. The maximum absolute atomic E-state index is 11.3. The molecule has 0 fully saturated rings. The number of hydrogen-bond donors (Lipinski definition) is 2. The van der Waals surface area contributed by atoms with E-state index in [0.717, 1.165) is 6.42 Å². The molecule has 0 rings (SSSR count). The molecule has 0 unspecified atom stereocenters. The van der Waals surface area contributed by atoms with Gasteiger partial charge in [0.05, 0.1) is 13.1 Å². The lowest BCUT2D eigenvalue weighted by molar-refractivity contribution is -0.138. The van der Waals surface area contributed by atoms with E-state index in [9.17, 15) is 9.59 Å². The maximum Gasteiger partial charge on any atom is 0.317 e. The van der Waals surface area contributed by atoms with Gasteiger partial charge in [-0.15, -0.1) is 6.58 Å². The summed E-state index contributed by atoms with van der Waals surface area (Å²) in [5, 5.41) is 11.3. The monoisotopic (exact) mass is 214 g/mol. The molecule has 5 nitrogen and oxygen atoms in total. The predicted octanol–water partition coefficient (Wildman–Crippen LogP) is 0.0852. The Labute approximate surface area is 89.8 Å². The quantitative estimate of drug-likeness (QED) is 0.562. The van der Waals surface area contributed by atoms with Crippen molar-refractivity contribution in [2.75, 3.05) is 26.2 Å². The van der Waals surface area contributed by atoms with Gasteiger partial charge in [0.15, 0.2) is 0 Å². The summed E-state index contributed by atoms with van der Waals surface area (Å²) in [6.07, 6.45) is 2.45. The van der Waals surface area contributed by atoms with E-state index in [2.05, 4.69) is 11.9 Å². The van der Waals surface area contributed by atoms with Crippen LogP contribution in [0.15, 0.2) is 12.7 Å². The average Bonchev–Trinajstić information content (AvgIpc) is 2.14. The smallest absolute Gasteiger partial charge is 0.317 e. The van der Waals surface area contributed by atoms with Crippen molar-refractivity contribution in [1.29, 1.82) is 0 Å². The number of rotatable bonds is 8. The van der Waals surface area contributed by atoms with E-state index in [0.29, 0.717) is 13.1 Å². The highest BCUT2D eigenvalue weighted by Crippen LogP contribution is 1.88. The van der Waals surface area contributed by atoms with Gasteiger partial charge in [-0.3, -0.25) is 14.5 Å². The minimum Gasteiger partial charge on any atom is -0.480 e.